The first kappa shape index (κ1) is 20.4. The van der Waals surface area contributed by atoms with Crippen LogP contribution in [0.5, 0.6) is 0 Å². The monoisotopic (exact) mass is 415 g/mol. The summed E-state index contributed by atoms with van der Waals surface area (Å²) < 4.78 is 41.9. The number of fused-ring (bicyclic) bond motifs is 1. The Hall–Kier alpha value is -2.83. The van der Waals surface area contributed by atoms with Gasteiger partial charge < -0.3 is 9.47 Å². The lowest BCUT2D eigenvalue weighted by molar-refractivity contribution is -0.148. The molecule has 1 aliphatic rings. The average Bonchev–Trinajstić information content (AvgIpc) is 3.12. The van der Waals surface area contributed by atoms with E-state index in [2.05, 4.69) is 4.98 Å². The molecule has 4 nitrogen and oxygen atoms in total. The summed E-state index contributed by atoms with van der Waals surface area (Å²) in [5.74, 6) is -1.33. The Bertz CT molecular complexity index is 1010. The van der Waals surface area contributed by atoms with Crippen molar-refractivity contribution in [2.75, 3.05) is 0 Å². The number of hydrogen-bond acceptors (Lipinski definition) is 2. The molecule has 1 heterocycles. The molecular formula is C23H24F3N3O. The highest BCUT2D eigenvalue weighted by Crippen LogP contribution is 2.32. The van der Waals surface area contributed by atoms with Crippen LogP contribution in [0.1, 0.15) is 43.5 Å². The average molecular weight is 415 g/mol. The molecule has 30 heavy (non-hydrogen) atoms. The van der Waals surface area contributed by atoms with Crippen molar-refractivity contribution in [1.29, 1.82) is 0 Å². The lowest BCUT2D eigenvalue weighted by atomic mass is 9.93. The maximum Gasteiger partial charge on any atom is 0.449 e. The summed E-state index contributed by atoms with van der Waals surface area (Å²) in [7, 11) is 0. The van der Waals surface area contributed by atoms with Gasteiger partial charge in [-0.2, -0.15) is 13.2 Å². The minimum absolute atomic E-state index is 0.0515. The van der Waals surface area contributed by atoms with Crippen molar-refractivity contribution in [2.24, 2.45) is 0 Å². The van der Waals surface area contributed by atoms with E-state index in [0.717, 1.165) is 42.2 Å². The number of halogens is 3. The Labute approximate surface area is 173 Å². The van der Waals surface area contributed by atoms with Crippen molar-refractivity contribution in [3.63, 3.8) is 0 Å². The van der Waals surface area contributed by atoms with Crippen LogP contribution < -0.4 is 0 Å². The smallest absolute Gasteiger partial charge is 0.334 e. The molecule has 1 aliphatic carbocycles. The minimum Gasteiger partial charge on any atom is -0.334 e. The molecule has 0 spiro atoms. The van der Waals surface area contributed by atoms with Crippen molar-refractivity contribution >= 4 is 16.9 Å². The van der Waals surface area contributed by atoms with E-state index in [1.54, 1.807) is 23.1 Å². The minimum atomic E-state index is -4.63. The summed E-state index contributed by atoms with van der Waals surface area (Å²) in [5.41, 5.74) is 1.54. The molecule has 4 rings (SSSR count). The first-order valence-electron chi connectivity index (χ1n) is 10.3. The molecule has 7 heteroatoms. The van der Waals surface area contributed by atoms with Gasteiger partial charge >= 0.3 is 6.18 Å². The summed E-state index contributed by atoms with van der Waals surface area (Å²) in [5, 5.41) is 0. The zero-order valence-corrected chi connectivity index (χ0v) is 16.6. The third-order valence-electron chi connectivity index (χ3n) is 5.73. The zero-order valence-electron chi connectivity index (χ0n) is 16.6. The van der Waals surface area contributed by atoms with Crippen LogP contribution in [0.2, 0.25) is 0 Å². The fourth-order valence-corrected chi connectivity index (χ4v) is 4.27. The Kier molecular flexibility index (Phi) is 5.79. The Balaban J connectivity index is 1.67. The molecule has 2 aromatic carbocycles. The Morgan fingerprint density at radius 1 is 1.00 bits per heavy atom. The third-order valence-corrected chi connectivity index (χ3v) is 5.73. The van der Waals surface area contributed by atoms with Gasteiger partial charge in [0, 0.05) is 12.6 Å². The number of hydrogen-bond donors (Lipinski definition) is 0. The lowest BCUT2D eigenvalue weighted by Gasteiger charge is -2.35. The number of amides is 1. The molecule has 1 amide bonds. The van der Waals surface area contributed by atoms with E-state index in [1.807, 2.05) is 30.3 Å². The zero-order chi connectivity index (χ0) is 21.1. The van der Waals surface area contributed by atoms with Crippen LogP contribution in [0, 0.1) is 0 Å². The van der Waals surface area contributed by atoms with Gasteiger partial charge in [0.15, 0.2) is 0 Å². The molecule has 0 saturated heterocycles. The fraction of sp³-hybridized carbons (Fsp3) is 0.391. The second kappa shape index (κ2) is 8.50. The van der Waals surface area contributed by atoms with Gasteiger partial charge in [0.25, 0.3) is 0 Å². The molecule has 0 bridgehead atoms. The van der Waals surface area contributed by atoms with Crippen molar-refractivity contribution in [1.82, 2.24) is 14.5 Å². The van der Waals surface area contributed by atoms with E-state index in [4.69, 9.17) is 0 Å². The van der Waals surface area contributed by atoms with Crippen LogP contribution in [0.4, 0.5) is 13.2 Å². The number of carbonyl (C=O) groups excluding carboxylic acids is 1. The number of carbonyl (C=O) groups is 1. The number of benzene rings is 2. The van der Waals surface area contributed by atoms with E-state index < -0.39 is 12.0 Å². The molecule has 1 fully saturated rings. The molecule has 1 aromatic heterocycles. The number of para-hydroxylation sites is 2. The van der Waals surface area contributed by atoms with Gasteiger partial charge in [0.2, 0.25) is 11.7 Å². The molecule has 0 N–H and O–H groups in total. The predicted molar refractivity (Wildman–Crippen MR) is 109 cm³/mol. The molecule has 3 aromatic rings. The van der Waals surface area contributed by atoms with Crippen molar-refractivity contribution in [2.45, 2.75) is 57.4 Å². The predicted octanol–water partition coefficient (Wildman–Crippen LogP) is 5.42. The van der Waals surface area contributed by atoms with Crippen LogP contribution >= 0.6 is 0 Å². The van der Waals surface area contributed by atoms with Gasteiger partial charge in [0.05, 0.1) is 11.0 Å². The van der Waals surface area contributed by atoms with Gasteiger partial charge in [-0.3, -0.25) is 4.79 Å². The number of alkyl halides is 3. The van der Waals surface area contributed by atoms with E-state index in [1.165, 1.54) is 6.07 Å². The maximum atomic E-state index is 13.6. The molecule has 0 radical (unpaired) electrons. The number of aromatic nitrogens is 2. The lowest BCUT2D eigenvalue weighted by Crippen LogP contribution is -2.43. The quantitative estimate of drug-likeness (QED) is 0.558. The molecule has 0 aliphatic heterocycles. The van der Waals surface area contributed by atoms with Crippen LogP contribution in [0.3, 0.4) is 0 Å². The molecule has 158 valence electrons. The van der Waals surface area contributed by atoms with Crippen LogP contribution in [-0.2, 0) is 24.1 Å². The van der Waals surface area contributed by atoms with E-state index in [0.29, 0.717) is 12.1 Å². The van der Waals surface area contributed by atoms with Crippen LogP contribution in [0.25, 0.3) is 11.0 Å². The third kappa shape index (κ3) is 4.35. The first-order chi connectivity index (χ1) is 14.4. The van der Waals surface area contributed by atoms with Gasteiger partial charge in [0.1, 0.15) is 6.54 Å². The summed E-state index contributed by atoms with van der Waals surface area (Å²) >= 11 is 0. The highest BCUT2D eigenvalue weighted by atomic mass is 19.4. The van der Waals surface area contributed by atoms with Gasteiger partial charge in [-0.1, -0.05) is 61.7 Å². The van der Waals surface area contributed by atoms with E-state index >= 15 is 0 Å². The van der Waals surface area contributed by atoms with Crippen LogP contribution in [-0.4, -0.2) is 26.4 Å². The normalized spacial score (nSPS) is 15.4. The molecular weight excluding hydrogens is 391 g/mol. The molecule has 0 unspecified atom stereocenters. The van der Waals surface area contributed by atoms with E-state index in [9.17, 15) is 18.0 Å². The highest BCUT2D eigenvalue weighted by molar-refractivity contribution is 5.81. The number of nitrogens with zero attached hydrogens (tertiary/aromatic N) is 3. The van der Waals surface area contributed by atoms with Gasteiger partial charge in [-0.05, 0) is 30.5 Å². The Morgan fingerprint density at radius 2 is 1.67 bits per heavy atom. The van der Waals surface area contributed by atoms with Gasteiger partial charge in [-0.15, -0.1) is 0 Å². The van der Waals surface area contributed by atoms with Gasteiger partial charge in [-0.25, -0.2) is 4.98 Å². The summed E-state index contributed by atoms with van der Waals surface area (Å²) in [6.45, 7) is 0.0248. The van der Waals surface area contributed by atoms with Crippen molar-refractivity contribution in [3.8, 4) is 0 Å². The highest BCUT2D eigenvalue weighted by Gasteiger charge is 2.38. The second-order valence-electron chi connectivity index (χ2n) is 7.81. The van der Waals surface area contributed by atoms with Crippen molar-refractivity contribution in [3.05, 3.63) is 66.0 Å². The SMILES string of the molecule is O=C(Cn1c(C(F)(F)F)nc2ccccc21)N(Cc1ccccc1)C1CCCCC1. The van der Waals surface area contributed by atoms with Crippen LogP contribution in [0.15, 0.2) is 54.6 Å². The first-order valence-corrected chi connectivity index (χ1v) is 10.3. The molecule has 1 saturated carbocycles. The summed E-state index contributed by atoms with van der Waals surface area (Å²) in [6.07, 6.45) is 0.337. The second-order valence-corrected chi connectivity index (χ2v) is 7.81. The Morgan fingerprint density at radius 3 is 2.37 bits per heavy atom. The van der Waals surface area contributed by atoms with E-state index in [-0.39, 0.29) is 24.0 Å². The van der Waals surface area contributed by atoms with Crippen molar-refractivity contribution < 1.29 is 18.0 Å². The number of rotatable bonds is 5. The molecule has 0 atom stereocenters. The number of imidazole rings is 1. The largest absolute Gasteiger partial charge is 0.449 e. The summed E-state index contributed by atoms with van der Waals surface area (Å²) in [6, 6.07) is 16.1. The fourth-order valence-electron chi connectivity index (χ4n) is 4.27. The topological polar surface area (TPSA) is 38.1 Å². The summed E-state index contributed by atoms with van der Waals surface area (Å²) in [4.78, 5) is 18.9. The maximum absolute atomic E-state index is 13.6. The standard InChI is InChI=1S/C23H24F3N3O/c24-23(25,26)22-27-19-13-7-8-14-20(19)29(22)16-21(30)28(18-11-5-2-6-12-18)15-17-9-3-1-4-10-17/h1,3-4,7-10,13-14,18H,2,5-6,11-12,15-16H2.